The summed E-state index contributed by atoms with van der Waals surface area (Å²) in [6.45, 7) is 5.72. The van der Waals surface area contributed by atoms with Gasteiger partial charge in [-0.25, -0.2) is 0 Å². The van der Waals surface area contributed by atoms with Crippen LogP contribution in [0.3, 0.4) is 0 Å². The summed E-state index contributed by atoms with van der Waals surface area (Å²) < 4.78 is 5.16. The fourth-order valence-corrected chi connectivity index (χ4v) is 2.67. The number of carbonyl (C=O) groups is 2. The first-order valence-corrected chi connectivity index (χ1v) is 7.05. The Balaban J connectivity index is 1.63. The Labute approximate surface area is 123 Å². The lowest BCUT2D eigenvalue weighted by molar-refractivity contribution is -0.133. The lowest BCUT2D eigenvalue weighted by Gasteiger charge is -2.38. The van der Waals surface area contributed by atoms with Crippen molar-refractivity contribution < 1.29 is 14.3 Å². The Kier molecular flexibility index (Phi) is 3.20. The molecule has 2 amide bonds. The van der Waals surface area contributed by atoms with Crippen LogP contribution in [0.2, 0.25) is 0 Å². The zero-order valence-electron chi connectivity index (χ0n) is 12.3. The molecule has 0 aromatic rings. The maximum absolute atomic E-state index is 12.2. The van der Waals surface area contributed by atoms with Gasteiger partial charge < -0.3 is 15.0 Å². The monoisotopic (exact) mass is 289 g/mol. The number of nitrogens with zero attached hydrogens (tertiary/aromatic N) is 2. The molecule has 1 atom stereocenters. The van der Waals surface area contributed by atoms with Gasteiger partial charge in [0.05, 0.1) is 19.6 Å². The molecule has 3 rings (SSSR count). The third kappa shape index (κ3) is 2.40. The van der Waals surface area contributed by atoms with Crippen molar-refractivity contribution in [2.75, 3.05) is 19.8 Å². The van der Waals surface area contributed by atoms with E-state index in [1.165, 1.54) is 0 Å². The Hall–Kier alpha value is -1.95. The van der Waals surface area contributed by atoms with Gasteiger partial charge >= 0.3 is 0 Å². The molecular weight excluding hydrogens is 270 g/mol. The fraction of sp³-hybridized carbons (Fsp3) is 0.533. The van der Waals surface area contributed by atoms with E-state index in [-0.39, 0.29) is 23.7 Å². The van der Waals surface area contributed by atoms with E-state index in [1.54, 1.807) is 24.1 Å². The minimum Gasteiger partial charge on any atom is -0.380 e. The maximum Gasteiger partial charge on any atom is 0.274 e. The molecule has 112 valence electrons. The van der Waals surface area contributed by atoms with Gasteiger partial charge in [-0.1, -0.05) is 13.0 Å². The lowest BCUT2D eigenvalue weighted by atomic mass is 9.88. The van der Waals surface area contributed by atoms with Crippen LogP contribution in [0.5, 0.6) is 0 Å². The summed E-state index contributed by atoms with van der Waals surface area (Å²) in [6, 6.07) is 0. The van der Waals surface area contributed by atoms with Crippen molar-refractivity contribution in [2.45, 2.75) is 25.8 Å². The fourth-order valence-electron chi connectivity index (χ4n) is 2.67. The van der Waals surface area contributed by atoms with Gasteiger partial charge in [-0.2, -0.15) is 4.99 Å². The average Bonchev–Trinajstić information content (AvgIpc) is 2.67. The minimum atomic E-state index is -0.933. The van der Waals surface area contributed by atoms with Crippen molar-refractivity contribution in [3.63, 3.8) is 0 Å². The lowest BCUT2D eigenvalue weighted by Crippen LogP contribution is -2.52. The van der Waals surface area contributed by atoms with Crippen LogP contribution >= 0.6 is 0 Å². The molecule has 0 aliphatic carbocycles. The van der Waals surface area contributed by atoms with Crippen LogP contribution in [-0.4, -0.2) is 47.8 Å². The standard InChI is InChI=1S/C15H19N3O3/c1-14(9-21-10-14)8-16-12(19)7-15(2)13(20)17-11-5-3-4-6-18(11)15/h3-6H,7-10H2,1-2H3,(H,16,19). The third-order valence-corrected chi connectivity index (χ3v) is 4.17. The Bertz CT molecular complexity index is 575. The van der Waals surface area contributed by atoms with Crippen LogP contribution in [0, 0.1) is 5.41 Å². The molecule has 0 bridgehead atoms. The SMILES string of the molecule is CC1(CNC(=O)CC2(C)C(=O)N=C3C=CC=CN32)COC1. The second kappa shape index (κ2) is 4.80. The first-order chi connectivity index (χ1) is 9.93. The van der Waals surface area contributed by atoms with Crippen LogP contribution < -0.4 is 5.32 Å². The third-order valence-electron chi connectivity index (χ3n) is 4.17. The molecule has 6 heteroatoms. The summed E-state index contributed by atoms with van der Waals surface area (Å²) in [5, 5.41) is 2.90. The first kappa shape index (κ1) is 14.0. The minimum absolute atomic E-state index is 0.0195. The molecule has 0 radical (unpaired) electrons. The predicted octanol–water partition coefficient (Wildman–Crippen LogP) is 0.612. The van der Waals surface area contributed by atoms with Gasteiger partial charge in [-0.15, -0.1) is 0 Å². The second-order valence-corrected chi connectivity index (χ2v) is 6.38. The zero-order chi connectivity index (χ0) is 15.1. The number of aliphatic imine (C=N–C) groups is 1. The van der Waals surface area contributed by atoms with E-state index in [2.05, 4.69) is 17.2 Å². The quantitative estimate of drug-likeness (QED) is 0.823. The number of ether oxygens (including phenoxy) is 1. The van der Waals surface area contributed by atoms with E-state index in [4.69, 9.17) is 4.74 Å². The van der Waals surface area contributed by atoms with E-state index >= 15 is 0 Å². The number of amides is 2. The molecule has 3 aliphatic rings. The van der Waals surface area contributed by atoms with Gasteiger partial charge in [0.25, 0.3) is 5.91 Å². The molecule has 3 heterocycles. The molecule has 0 aromatic heterocycles. The molecule has 0 spiro atoms. The van der Waals surface area contributed by atoms with Crippen LogP contribution in [0.4, 0.5) is 0 Å². The first-order valence-electron chi connectivity index (χ1n) is 7.05. The van der Waals surface area contributed by atoms with E-state index < -0.39 is 5.54 Å². The van der Waals surface area contributed by atoms with Gasteiger partial charge in [-0.3, -0.25) is 9.59 Å². The summed E-state index contributed by atoms with van der Waals surface area (Å²) >= 11 is 0. The van der Waals surface area contributed by atoms with Crippen LogP contribution in [-0.2, 0) is 14.3 Å². The van der Waals surface area contributed by atoms with Crippen LogP contribution in [0.15, 0.2) is 29.4 Å². The number of carbonyl (C=O) groups excluding carboxylic acids is 2. The smallest absolute Gasteiger partial charge is 0.274 e. The van der Waals surface area contributed by atoms with E-state index in [0.717, 1.165) is 0 Å². The number of hydrogen-bond acceptors (Lipinski definition) is 4. The van der Waals surface area contributed by atoms with Gasteiger partial charge in [-0.05, 0) is 19.1 Å². The largest absolute Gasteiger partial charge is 0.380 e. The van der Waals surface area contributed by atoms with Gasteiger partial charge in [0.1, 0.15) is 11.4 Å². The Morgan fingerprint density at radius 1 is 1.43 bits per heavy atom. The molecule has 1 unspecified atom stereocenters. The van der Waals surface area contributed by atoms with Gasteiger partial charge in [0.2, 0.25) is 5.91 Å². The van der Waals surface area contributed by atoms with E-state index in [1.807, 2.05) is 12.2 Å². The Morgan fingerprint density at radius 2 is 2.19 bits per heavy atom. The van der Waals surface area contributed by atoms with E-state index in [0.29, 0.717) is 25.6 Å². The number of amidine groups is 1. The highest BCUT2D eigenvalue weighted by atomic mass is 16.5. The summed E-state index contributed by atoms with van der Waals surface area (Å²) in [5.41, 5.74) is -0.913. The number of nitrogens with one attached hydrogen (secondary N) is 1. The van der Waals surface area contributed by atoms with Crippen molar-refractivity contribution in [1.82, 2.24) is 10.2 Å². The topological polar surface area (TPSA) is 71.0 Å². The van der Waals surface area contributed by atoms with E-state index in [9.17, 15) is 9.59 Å². The normalized spacial score (nSPS) is 29.0. The summed E-state index contributed by atoms with van der Waals surface area (Å²) in [5.74, 6) is 0.178. The van der Waals surface area contributed by atoms with Crippen molar-refractivity contribution in [1.29, 1.82) is 0 Å². The average molecular weight is 289 g/mol. The summed E-state index contributed by atoms with van der Waals surface area (Å²) in [7, 11) is 0. The molecule has 6 nitrogen and oxygen atoms in total. The van der Waals surface area contributed by atoms with Crippen LogP contribution in [0.25, 0.3) is 0 Å². The highest BCUT2D eigenvalue weighted by Crippen LogP contribution is 2.30. The Morgan fingerprint density at radius 3 is 2.86 bits per heavy atom. The van der Waals surface area contributed by atoms with Crippen molar-refractivity contribution in [3.8, 4) is 0 Å². The van der Waals surface area contributed by atoms with Crippen molar-refractivity contribution >= 4 is 17.6 Å². The number of rotatable bonds is 4. The molecule has 1 N–H and O–H groups in total. The van der Waals surface area contributed by atoms with Gasteiger partial charge in [0, 0.05) is 18.2 Å². The zero-order valence-corrected chi connectivity index (χ0v) is 12.3. The molecule has 1 fully saturated rings. The molecular formula is C15H19N3O3. The highest BCUT2D eigenvalue weighted by molar-refractivity contribution is 6.13. The summed E-state index contributed by atoms with van der Waals surface area (Å²) in [6.07, 6.45) is 7.31. The number of fused-ring (bicyclic) bond motifs is 1. The molecule has 3 aliphatic heterocycles. The molecule has 0 aromatic carbocycles. The predicted molar refractivity (Wildman–Crippen MR) is 77.5 cm³/mol. The van der Waals surface area contributed by atoms with Crippen LogP contribution in [0.1, 0.15) is 20.3 Å². The second-order valence-electron chi connectivity index (χ2n) is 6.38. The molecule has 0 saturated carbocycles. The molecule has 1 saturated heterocycles. The van der Waals surface area contributed by atoms with Gasteiger partial charge in [0.15, 0.2) is 0 Å². The number of allylic oxidation sites excluding steroid dienone is 2. The number of hydrogen-bond donors (Lipinski definition) is 1. The molecule has 21 heavy (non-hydrogen) atoms. The van der Waals surface area contributed by atoms with Crippen molar-refractivity contribution in [2.24, 2.45) is 10.4 Å². The highest BCUT2D eigenvalue weighted by Gasteiger charge is 2.47. The van der Waals surface area contributed by atoms with Crippen molar-refractivity contribution in [3.05, 3.63) is 24.4 Å². The maximum atomic E-state index is 12.2. The summed E-state index contributed by atoms with van der Waals surface area (Å²) in [4.78, 5) is 30.1.